The number of hydrogen-bond donors (Lipinski definition) is 1. The van der Waals surface area contributed by atoms with Gasteiger partial charge in [0.15, 0.2) is 12.4 Å². The molecule has 146 valence electrons. The first-order valence-corrected chi connectivity index (χ1v) is 8.75. The maximum Gasteiger partial charge on any atom is 0.331 e. The van der Waals surface area contributed by atoms with E-state index in [4.69, 9.17) is 9.47 Å². The molecule has 0 radical (unpaired) electrons. The highest BCUT2D eigenvalue weighted by Gasteiger charge is 2.20. The van der Waals surface area contributed by atoms with Gasteiger partial charge in [-0.15, -0.1) is 0 Å². The van der Waals surface area contributed by atoms with Gasteiger partial charge in [0.2, 0.25) is 5.78 Å². The topological polar surface area (TPSA) is 85.5 Å². The molecule has 28 heavy (non-hydrogen) atoms. The quantitative estimate of drug-likeness (QED) is 0.309. The molecule has 0 unspecified atom stereocenters. The van der Waals surface area contributed by atoms with E-state index in [9.17, 15) is 14.4 Å². The van der Waals surface area contributed by atoms with E-state index in [1.54, 1.807) is 50.3 Å². The second kappa shape index (κ2) is 9.50. The fraction of sp³-hybridized carbons (Fsp3) is 0.227. The first kappa shape index (κ1) is 20.9. The zero-order valence-corrected chi connectivity index (χ0v) is 16.2. The summed E-state index contributed by atoms with van der Waals surface area (Å²) in [7, 11) is 0. The Bertz CT molecular complexity index is 919. The number of aryl methyl sites for hydroxylation is 1. The minimum absolute atomic E-state index is 0.119. The van der Waals surface area contributed by atoms with Crippen LogP contribution in [0.25, 0.3) is 6.08 Å². The number of carbonyl (C=O) groups excluding carboxylic acids is 3. The van der Waals surface area contributed by atoms with E-state index in [1.807, 2.05) is 0 Å². The Morgan fingerprint density at radius 2 is 1.82 bits per heavy atom. The molecular formula is C22H23NO5. The monoisotopic (exact) mass is 381 g/mol. The number of aromatic amines is 1. The van der Waals surface area contributed by atoms with E-state index < -0.39 is 18.4 Å². The normalized spacial score (nSPS) is 10.7. The van der Waals surface area contributed by atoms with Crippen LogP contribution in [0.2, 0.25) is 0 Å². The molecule has 0 aliphatic rings. The van der Waals surface area contributed by atoms with Crippen molar-refractivity contribution in [2.24, 2.45) is 0 Å². The van der Waals surface area contributed by atoms with Crippen molar-refractivity contribution in [2.75, 3.05) is 13.2 Å². The van der Waals surface area contributed by atoms with Crippen molar-refractivity contribution in [3.8, 4) is 5.75 Å². The van der Waals surface area contributed by atoms with Gasteiger partial charge in [0, 0.05) is 17.3 Å². The van der Waals surface area contributed by atoms with Crippen LogP contribution in [0.3, 0.4) is 0 Å². The molecule has 2 rings (SSSR count). The highest BCUT2D eigenvalue weighted by atomic mass is 16.5. The van der Waals surface area contributed by atoms with E-state index in [0.717, 1.165) is 5.56 Å². The summed E-state index contributed by atoms with van der Waals surface area (Å²) >= 11 is 0. The number of benzene rings is 1. The average Bonchev–Trinajstić information content (AvgIpc) is 2.97. The highest BCUT2D eigenvalue weighted by molar-refractivity contribution is 6.04. The lowest BCUT2D eigenvalue weighted by atomic mass is 10.1. The molecule has 0 atom stereocenters. The van der Waals surface area contributed by atoms with E-state index in [-0.39, 0.29) is 11.5 Å². The molecule has 1 aromatic heterocycles. The first-order chi connectivity index (χ1) is 13.3. The van der Waals surface area contributed by atoms with Crippen LogP contribution in [0.15, 0.2) is 43.0 Å². The molecule has 6 heteroatoms. The summed E-state index contributed by atoms with van der Waals surface area (Å²) in [5.41, 5.74) is 2.77. The fourth-order valence-corrected chi connectivity index (χ4v) is 2.81. The number of ketones is 2. The predicted molar refractivity (Wildman–Crippen MR) is 107 cm³/mol. The molecule has 0 bridgehead atoms. The van der Waals surface area contributed by atoms with Gasteiger partial charge in [0.05, 0.1) is 5.69 Å². The molecular weight excluding hydrogens is 358 g/mol. The standard InChI is InChI=1S/C22H23NO5/c1-5-12-27-18-9-6-17(7-10-18)8-11-20(26)28-13-19(25)22-14(2)21(16(4)24)15(3)23-22/h5-11,23H,1,12-13H2,2-4H3/b11-8+. The van der Waals surface area contributed by atoms with Crippen LogP contribution < -0.4 is 4.74 Å². The summed E-state index contributed by atoms with van der Waals surface area (Å²) in [6.45, 7) is 8.46. The molecule has 0 saturated carbocycles. The summed E-state index contributed by atoms with van der Waals surface area (Å²) in [5, 5.41) is 0. The molecule has 0 fully saturated rings. The molecule has 0 saturated heterocycles. The number of hydrogen-bond acceptors (Lipinski definition) is 5. The van der Waals surface area contributed by atoms with Crippen LogP contribution in [-0.4, -0.2) is 35.7 Å². The van der Waals surface area contributed by atoms with Crippen LogP contribution in [-0.2, 0) is 9.53 Å². The predicted octanol–water partition coefficient (Wildman–Crippen LogP) is 3.84. The molecule has 1 aromatic carbocycles. The lowest BCUT2D eigenvalue weighted by molar-refractivity contribution is -0.136. The number of H-pyrrole nitrogens is 1. The molecule has 0 amide bonds. The summed E-state index contributed by atoms with van der Waals surface area (Å²) in [4.78, 5) is 38.7. The molecule has 6 nitrogen and oxygen atoms in total. The molecule has 0 spiro atoms. The van der Waals surface area contributed by atoms with Gasteiger partial charge in [0.25, 0.3) is 0 Å². The smallest absolute Gasteiger partial charge is 0.331 e. The summed E-state index contributed by atoms with van der Waals surface area (Å²) in [6, 6.07) is 7.14. The van der Waals surface area contributed by atoms with Crippen LogP contribution >= 0.6 is 0 Å². The zero-order chi connectivity index (χ0) is 20.7. The van der Waals surface area contributed by atoms with E-state index >= 15 is 0 Å². The van der Waals surface area contributed by atoms with Gasteiger partial charge in [-0.25, -0.2) is 4.79 Å². The number of esters is 1. The van der Waals surface area contributed by atoms with Crippen molar-refractivity contribution >= 4 is 23.6 Å². The first-order valence-electron chi connectivity index (χ1n) is 8.75. The number of ether oxygens (including phenoxy) is 2. The molecule has 2 aromatic rings. The number of aromatic nitrogens is 1. The minimum atomic E-state index is -0.631. The highest BCUT2D eigenvalue weighted by Crippen LogP contribution is 2.19. The van der Waals surface area contributed by atoms with E-state index in [0.29, 0.717) is 29.2 Å². The van der Waals surface area contributed by atoms with Crippen molar-refractivity contribution in [2.45, 2.75) is 20.8 Å². The van der Waals surface area contributed by atoms with Gasteiger partial charge in [-0.2, -0.15) is 0 Å². The van der Waals surface area contributed by atoms with Crippen molar-refractivity contribution in [3.63, 3.8) is 0 Å². The molecule has 0 aliphatic heterocycles. The van der Waals surface area contributed by atoms with Crippen LogP contribution in [0.4, 0.5) is 0 Å². The summed E-state index contributed by atoms with van der Waals surface area (Å²) in [5.74, 6) is -0.440. The number of rotatable bonds is 9. The van der Waals surface area contributed by atoms with Gasteiger partial charge < -0.3 is 14.5 Å². The Labute approximate surface area is 163 Å². The second-order valence-corrected chi connectivity index (χ2v) is 6.21. The van der Waals surface area contributed by atoms with Gasteiger partial charge >= 0.3 is 5.97 Å². The Morgan fingerprint density at radius 1 is 1.14 bits per heavy atom. The van der Waals surface area contributed by atoms with Crippen LogP contribution in [0, 0.1) is 13.8 Å². The minimum Gasteiger partial charge on any atom is -0.490 e. The van der Waals surface area contributed by atoms with E-state index in [2.05, 4.69) is 11.6 Å². The average molecular weight is 381 g/mol. The Balaban J connectivity index is 1.92. The lowest BCUT2D eigenvalue weighted by Crippen LogP contribution is -2.14. The fourth-order valence-electron chi connectivity index (χ4n) is 2.81. The maximum absolute atomic E-state index is 12.3. The zero-order valence-electron chi connectivity index (χ0n) is 16.2. The number of Topliss-reactive ketones (excluding diaryl/α,β-unsaturated/α-hetero) is 2. The third-order valence-corrected chi connectivity index (χ3v) is 4.07. The SMILES string of the molecule is C=CCOc1ccc(/C=C/C(=O)OCC(=O)c2[nH]c(C)c(C(C)=O)c2C)cc1. The largest absolute Gasteiger partial charge is 0.490 e. The van der Waals surface area contributed by atoms with E-state index in [1.165, 1.54) is 13.0 Å². The number of carbonyl (C=O) groups is 3. The van der Waals surface area contributed by atoms with Crippen molar-refractivity contribution in [1.29, 1.82) is 0 Å². The summed E-state index contributed by atoms with van der Waals surface area (Å²) < 4.78 is 10.4. The van der Waals surface area contributed by atoms with Gasteiger partial charge in [-0.3, -0.25) is 9.59 Å². The Hall–Kier alpha value is -3.41. The lowest BCUT2D eigenvalue weighted by Gasteiger charge is -2.03. The molecule has 0 aliphatic carbocycles. The van der Waals surface area contributed by atoms with Crippen molar-refractivity contribution in [3.05, 3.63) is 71.1 Å². The van der Waals surface area contributed by atoms with Gasteiger partial charge in [-0.1, -0.05) is 24.8 Å². The summed E-state index contributed by atoms with van der Waals surface area (Å²) in [6.07, 6.45) is 4.49. The van der Waals surface area contributed by atoms with Crippen molar-refractivity contribution in [1.82, 2.24) is 4.98 Å². The third kappa shape index (κ3) is 5.30. The maximum atomic E-state index is 12.3. The Kier molecular flexibility index (Phi) is 7.09. The number of nitrogens with one attached hydrogen (secondary N) is 1. The third-order valence-electron chi connectivity index (χ3n) is 4.07. The van der Waals surface area contributed by atoms with Crippen LogP contribution in [0.5, 0.6) is 5.75 Å². The van der Waals surface area contributed by atoms with Gasteiger partial charge in [-0.05, 0) is 50.1 Å². The van der Waals surface area contributed by atoms with Crippen LogP contribution in [0.1, 0.15) is 44.6 Å². The van der Waals surface area contributed by atoms with Crippen molar-refractivity contribution < 1.29 is 23.9 Å². The Morgan fingerprint density at radius 3 is 2.39 bits per heavy atom. The second-order valence-electron chi connectivity index (χ2n) is 6.21. The molecule has 1 heterocycles. The van der Waals surface area contributed by atoms with Gasteiger partial charge in [0.1, 0.15) is 12.4 Å². The molecule has 1 N–H and O–H groups in total.